The van der Waals surface area contributed by atoms with Gasteiger partial charge in [0.05, 0.1) is 13.7 Å². The highest BCUT2D eigenvalue weighted by Gasteiger charge is 2.23. The maximum Gasteiger partial charge on any atom is 0.251 e. The van der Waals surface area contributed by atoms with E-state index in [0.29, 0.717) is 0 Å². The Bertz CT molecular complexity index is 501. The Hall–Kier alpha value is -2.11. The van der Waals surface area contributed by atoms with E-state index in [4.69, 9.17) is 4.74 Å². The average Bonchev–Trinajstić information content (AvgIpc) is 3.19. The van der Waals surface area contributed by atoms with E-state index in [1.54, 1.807) is 0 Å². The quantitative estimate of drug-likeness (QED) is 0.830. The van der Waals surface area contributed by atoms with Gasteiger partial charge in [-0.3, -0.25) is 9.59 Å². The molecule has 0 atom stereocenters. The standard InChI is InChI=1S/C13H15FN2O3/c1-19-11-5-2-8(6-10(11)14)13(18)15-7-12(17)16-9-3-4-9/h2,5-6,9H,3-4,7H2,1H3,(H,15,18)(H,16,17). The van der Waals surface area contributed by atoms with Crippen LogP contribution in [0, 0.1) is 5.82 Å². The fraction of sp³-hybridized carbons (Fsp3) is 0.385. The van der Waals surface area contributed by atoms with Crippen LogP contribution < -0.4 is 15.4 Å². The van der Waals surface area contributed by atoms with Crippen LogP contribution in [-0.4, -0.2) is 31.5 Å². The van der Waals surface area contributed by atoms with E-state index in [1.165, 1.54) is 19.2 Å². The van der Waals surface area contributed by atoms with Gasteiger partial charge in [0.25, 0.3) is 5.91 Å². The van der Waals surface area contributed by atoms with Crippen molar-refractivity contribution in [1.82, 2.24) is 10.6 Å². The summed E-state index contributed by atoms with van der Waals surface area (Å²) < 4.78 is 18.2. The molecular weight excluding hydrogens is 251 g/mol. The number of hydrogen-bond acceptors (Lipinski definition) is 3. The van der Waals surface area contributed by atoms with Crippen molar-refractivity contribution in [3.05, 3.63) is 29.6 Å². The summed E-state index contributed by atoms with van der Waals surface area (Å²) in [4.78, 5) is 23.1. The first-order chi connectivity index (χ1) is 9.10. The van der Waals surface area contributed by atoms with Crippen molar-refractivity contribution in [2.45, 2.75) is 18.9 Å². The maximum atomic E-state index is 13.4. The van der Waals surface area contributed by atoms with Gasteiger partial charge in [0.1, 0.15) is 0 Å². The molecule has 0 saturated heterocycles. The summed E-state index contributed by atoms with van der Waals surface area (Å²) in [5, 5.41) is 5.18. The third-order valence-electron chi connectivity index (χ3n) is 2.77. The van der Waals surface area contributed by atoms with E-state index >= 15 is 0 Å². The number of carbonyl (C=O) groups excluding carboxylic acids is 2. The predicted molar refractivity (Wildman–Crippen MR) is 66.4 cm³/mol. The molecule has 1 aliphatic rings. The molecule has 0 bridgehead atoms. The highest BCUT2D eigenvalue weighted by molar-refractivity contribution is 5.96. The molecule has 5 nitrogen and oxygen atoms in total. The van der Waals surface area contributed by atoms with E-state index in [0.717, 1.165) is 18.9 Å². The first kappa shape index (κ1) is 13.3. The van der Waals surface area contributed by atoms with Crippen molar-refractivity contribution in [3.8, 4) is 5.75 Å². The van der Waals surface area contributed by atoms with Crippen LogP contribution in [0.15, 0.2) is 18.2 Å². The first-order valence-electron chi connectivity index (χ1n) is 6.01. The zero-order valence-corrected chi connectivity index (χ0v) is 10.5. The zero-order valence-electron chi connectivity index (χ0n) is 10.5. The van der Waals surface area contributed by atoms with Crippen LogP contribution in [0.25, 0.3) is 0 Å². The van der Waals surface area contributed by atoms with E-state index in [-0.39, 0.29) is 29.8 Å². The van der Waals surface area contributed by atoms with Crippen molar-refractivity contribution < 1.29 is 18.7 Å². The van der Waals surface area contributed by atoms with Gasteiger partial charge in [-0.15, -0.1) is 0 Å². The van der Waals surface area contributed by atoms with Crippen molar-refractivity contribution in [3.63, 3.8) is 0 Å². The second-order valence-corrected chi connectivity index (χ2v) is 4.37. The Kier molecular flexibility index (Phi) is 3.99. The van der Waals surface area contributed by atoms with Crippen LogP contribution in [0.1, 0.15) is 23.2 Å². The highest BCUT2D eigenvalue weighted by atomic mass is 19.1. The number of hydrogen-bond donors (Lipinski definition) is 2. The molecule has 0 radical (unpaired) electrons. The van der Waals surface area contributed by atoms with Gasteiger partial charge in [-0.25, -0.2) is 4.39 Å². The summed E-state index contributed by atoms with van der Waals surface area (Å²) in [6, 6.07) is 4.14. The lowest BCUT2D eigenvalue weighted by Gasteiger charge is -2.07. The zero-order chi connectivity index (χ0) is 13.8. The fourth-order valence-corrected chi connectivity index (χ4v) is 1.58. The van der Waals surface area contributed by atoms with Gasteiger partial charge in [-0.1, -0.05) is 0 Å². The van der Waals surface area contributed by atoms with Gasteiger partial charge in [0.2, 0.25) is 5.91 Å². The summed E-state index contributed by atoms with van der Waals surface area (Å²) in [5.74, 6) is -1.27. The molecule has 1 saturated carbocycles. The molecule has 1 fully saturated rings. The van der Waals surface area contributed by atoms with E-state index in [1.807, 2.05) is 0 Å². The summed E-state index contributed by atoms with van der Waals surface area (Å²) in [5.41, 5.74) is 0.150. The minimum Gasteiger partial charge on any atom is -0.494 e. The summed E-state index contributed by atoms with van der Waals surface area (Å²) in [6.45, 7) is -0.108. The number of halogens is 1. The molecular formula is C13H15FN2O3. The summed E-state index contributed by atoms with van der Waals surface area (Å²) in [7, 11) is 1.35. The SMILES string of the molecule is COc1ccc(C(=O)NCC(=O)NC2CC2)cc1F. The monoisotopic (exact) mass is 266 g/mol. The van der Waals surface area contributed by atoms with Crippen LogP contribution in [0.2, 0.25) is 0 Å². The third kappa shape index (κ3) is 3.67. The van der Waals surface area contributed by atoms with Gasteiger partial charge in [-0.05, 0) is 31.0 Å². The molecule has 2 amide bonds. The molecule has 0 aliphatic heterocycles. The highest BCUT2D eigenvalue weighted by Crippen LogP contribution is 2.18. The molecule has 102 valence electrons. The third-order valence-corrected chi connectivity index (χ3v) is 2.77. The summed E-state index contributed by atoms with van der Waals surface area (Å²) >= 11 is 0. The molecule has 2 N–H and O–H groups in total. The maximum absolute atomic E-state index is 13.4. The topological polar surface area (TPSA) is 67.4 Å². The van der Waals surface area contributed by atoms with E-state index in [2.05, 4.69) is 10.6 Å². The number of carbonyl (C=O) groups is 2. The Balaban J connectivity index is 1.88. The average molecular weight is 266 g/mol. The van der Waals surface area contributed by atoms with Crippen molar-refractivity contribution in [1.29, 1.82) is 0 Å². The number of nitrogens with one attached hydrogen (secondary N) is 2. The van der Waals surface area contributed by atoms with E-state index in [9.17, 15) is 14.0 Å². The van der Waals surface area contributed by atoms with Crippen LogP contribution in [0.4, 0.5) is 4.39 Å². The molecule has 1 aromatic rings. The smallest absolute Gasteiger partial charge is 0.251 e. The van der Waals surface area contributed by atoms with Crippen LogP contribution in [0.5, 0.6) is 5.75 Å². The number of methoxy groups -OCH3 is 1. The van der Waals surface area contributed by atoms with Gasteiger partial charge < -0.3 is 15.4 Å². The Labute approximate surface area is 110 Å². The Morgan fingerprint density at radius 2 is 2.16 bits per heavy atom. The summed E-state index contributed by atoms with van der Waals surface area (Å²) in [6.07, 6.45) is 1.98. The van der Waals surface area contributed by atoms with Gasteiger partial charge in [-0.2, -0.15) is 0 Å². The van der Waals surface area contributed by atoms with E-state index < -0.39 is 11.7 Å². The number of ether oxygens (including phenoxy) is 1. The van der Waals surface area contributed by atoms with Crippen molar-refractivity contribution in [2.75, 3.05) is 13.7 Å². The molecule has 0 aromatic heterocycles. The molecule has 1 aromatic carbocycles. The number of rotatable bonds is 5. The van der Waals surface area contributed by atoms with Gasteiger partial charge in [0.15, 0.2) is 11.6 Å². The van der Waals surface area contributed by atoms with Crippen LogP contribution in [0.3, 0.4) is 0 Å². The largest absolute Gasteiger partial charge is 0.494 e. The number of amides is 2. The second kappa shape index (κ2) is 5.69. The lowest BCUT2D eigenvalue weighted by Crippen LogP contribution is -2.37. The molecule has 1 aliphatic carbocycles. The molecule has 0 spiro atoms. The normalized spacial score (nSPS) is 13.8. The first-order valence-corrected chi connectivity index (χ1v) is 6.01. The van der Waals surface area contributed by atoms with Crippen molar-refractivity contribution in [2.24, 2.45) is 0 Å². The lowest BCUT2D eigenvalue weighted by molar-refractivity contribution is -0.120. The molecule has 0 heterocycles. The number of benzene rings is 1. The van der Waals surface area contributed by atoms with Gasteiger partial charge >= 0.3 is 0 Å². The molecule has 19 heavy (non-hydrogen) atoms. The second-order valence-electron chi connectivity index (χ2n) is 4.37. The van der Waals surface area contributed by atoms with Gasteiger partial charge in [0, 0.05) is 11.6 Å². The Morgan fingerprint density at radius 1 is 1.42 bits per heavy atom. The van der Waals surface area contributed by atoms with Crippen LogP contribution in [-0.2, 0) is 4.79 Å². The van der Waals surface area contributed by atoms with Crippen molar-refractivity contribution >= 4 is 11.8 Å². The minimum absolute atomic E-state index is 0.0722. The minimum atomic E-state index is -0.613. The Morgan fingerprint density at radius 3 is 2.74 bits per heavy atom. The molecule has 2 rings (SSSR count). The predicted octanol–water partition coefficient (Wildman–Crippen LogP) is 0.843. The molecule has 0 unspecified atom stereocenters. The van der Waals surface area contributed by atoms with Crippen LogP contribution >= 0.6 is 0 Å². The lowest BCUT2D eigenvalue weighted by atomic mass is 10.2. The fourth-order valence-electron chi connectivity index (χ4n) is 1.58. The molecule has 6 heteroatoms.